The lowest BCUT2D eigenvalue weighted by Crippen LogP contribution is -2.28. The molecule has 2 N–H and O–H groups in total. The van der Waals surface area contributed by atoms with Crippen LogP contribution in [-0.2, 0) is 6.42 Å². The highest BCUT2D eigenvalue weighted by molar-refractivity contribution is 5.65. The lowest BCUT2D eigenvalue weighted by molar-refractivity contribution is 0.186. The monoisotopic (exact) mass is 247 g/mol. The number of amides is 1. The van der Waals surface area contributed by atoms with Gasteiger partial charge in [0.2, 0.25) is 5.89 Å². The fraction of sp³-hybridized carbons (Fsp3) is 0.250. The second-order valence-corrected chi connectivity index (χ2v) is 3.87. The molecule has 0 spiro atoms. The number of carbonyl (C=O) groups is 1. The van der Waals surface area contributed by atoms with Gasteiger partial charge in [0.25, 0.3) is 0 Å². The Kier molecular flexibility index (Phi) is 3.57. The normalized spacial score (nSPS) is 12.1. The average Bonchev–Trinajstić information content (AvgIpc) is 2.76. The van der Waals surface area contributed by atoms with Crippen molar-refractivity contribution in [2.24, 2.45) is 0 Å². The SMILES string of the molecule is Cc1noc(C(Cc2ccccc2)NC(=O)O)n1. The van der Waals surface area contributed by atoms with Gasteiger partial charge in [0, 0.05) is 6.42 Å². The number of carboxylic acid groups (broad SMARTS) is 1. The van der Waals surface area contributed by atoms with Gasteiger partial charge in [-0.1, -0.05) is 35.5 Å². The zero-order valence-corrected chi connectivity index (χ0v) is 9.83. The van der Waals surface area contributed by atoms with Crippen LogP contribution in [0.3, 0.4) is 0 Å². The summed E-state index contributed by atoms with van der Waals surface area (Å²) in [5, 5.41) is 14.9. The van der Waals surface area contributed by atoms with E-state index in [1.807, 2.05) is 30.3 Å². The predicted molar refractivity (Wildman–Crippen MR) is 63.1 cm³/mol. The van der Waals surface area contributed by atoms with E-state index in [-0.39, 0.29) is 5.89 Å². The highest BCUT2D eigenvalue weighted by atomic mass is 16.5. The largest absolute Gasteiger partial charge is 0.465 e. The van der Waals surface area contributed by atoms with Crippen LogP contribution in [0.2, 0.25) is 0 Å². The molecule has 0 aliphatic heterocycles. The van der Waals surface area contributed by atoms with E-state index >= 15 is 0 Å². The van der Waals surface area contributed by atoms with Crippen molar-refractivity contribution >= 4 is 6.09 Å². The molecule has 18 heavy (non-hydrogen) atoms. The van der Waals surface area contributed by atoms with Crippen LogP contribution in [0, 0.1) is 6.92 Å². The van der Waals surface area contributed by atoms with E-state index in [1.54, 1.807) is 6.92 Å². The van der Waals surface area contributed by atoms with Gasteiger partial charge < -0.3 is 14.9 Å². The third kappa shape index (κ3) is 3.07. The molecule has 0 bridgehead atoms. The summed E-state index contributed by atoms with van der Waals surface area (Å²) in [4.78, 5) is 14.8. The highest BCUT2D eigenvalue weighted by Gasteiger charge is 2.20. The van der Waals surface area contributed by atoms with Crippen molar-refractivity contribution in [1.82, 2.24) is 15.5 Å². The molecule has 0 aliphatic carbocycles. The summed E-state index contributed by atoms with van der Waals surface area (Å²) >= 11 is 0. The van der Waals surface area contributed by atoms with Gasteiger partial charge in [-0.05, 0) is 12.5 Å². The summed E-state index contributed by atoms with van der Waals surface area (Å²) in [5.74, 6) is 0.758. The van der Waals surface area contributed by atoms with Crippen molar-refractivity contribution in [3.8, 4) is 0 Å². The molecule has 1 aromatic carbocycles. The molecular formula is C12H13N3O3. The molecule has 0 saturated heterocycles. The minimum Gasteiger partial charge on any atom is -0.465 e. The lowest BCUT2D eigenvalue weighted by atomic mass is 10.1. The van der Waals surface area contributed by atoms with Crippen molar-refractivity contribution in [2.45, 2.75) is 19.4 Å². The standard InChI is InChI=1S/C12H13N3O3/c1-8-13-11(18-15-8)10(14-12(16)17)7-9-5-3-2-4-6-9/h2-6,10,14H,7H2,1H3,(H,16,17). The van der Waals surface area contributed by atoms with Crippen LogP contribution in [0.1, 0.15) is 23.3 Å². The van der Waals surface area contributed by atoms with E-state index in [0.717, 1.165) is 5.56 Å². The van der Waals surface area contributed by atoms with Gasteiger partial charge in [-0.3, -0.25) is 0 Å². The van der Waals surface area contributed by atoms with Crippen molar-refractivity contribution in [3.63, 3.8) is 0 Å². The van der Waals surface area contributed by atoms with Crippen LogP contribution in [0.5, 0.6) is 0 Å². The fourth-order valence-electron chi connectivity index (χ4n) is 1.65. The minimum absolute atomic E-state index is 0.277. The van der Waals surface area contributed by atoms with E-state index < -0.39 is 12.1 Å². The van der Waals surface area contributed by atoms with E-state index in [1.165, 1.54) is 0 Å². The van der Waals surface area contributed by atoms with Gasteiger partial charge in [-0.2, -0.15) is 4.98 Å². The third-order valence-corrected chi connectivity index (χ3v) is 2.42. The number of nitrogens with one attached hydrogen (secondary N) is 1. The number of hydrogen-bond donors (Lipinski definition) is 2. The molecule has 1 aromatic heterocycles. The Bertz CT molecular complexity index is 524. The number of nitrogens with zero attached hydrogens (tertiary/aromatic N) is 2. The molecule has 94 valence electrons. The Labute approximate surface area is 104 Å². The molecule has 1 heterocycles. The zero-order valence-electron chi connectivity index (χ0n) is 9.83. The molecule has 1 unspecified atom stereocenters. The smallest absolute Gasteiger partial charge is 0.405 e. The van der Waals surface area contributed by atoms with Crippen molar-refractivity contribution in [1.29, 1.82) is 0 Å². The van der Waals surface area contributed by atoms with Gasteiger partial charge >= 0.3 is 6.09 Å². The maximum atomic E-state index is 10.8. The molecule has 2 rings (SSSR count). The topological polar surface area (TPSA) is 88.2 Å². The molecule has 1 amide bonds. The maximum absolute atomic E-state index is 10.8. The van der Waals surface area contributed by atoms with Gasteiger partial charge in [-0.25, -0.2) is 4.79 Å². The lowest BCUT2D eigenvalue weighted by Gasteiger charge is -2.12. The maximum Gasteiger partial charge on any atom is 0.405 e. The quantitative estimate of drug-likeness (QED) is 0.861. The van der Waals surface area contributed by atoms with E-state index in [2.05, 4.69) is 15.5 Å². The van der Waals surface area contributed by atoms with Crippen LogP contribution in [0.15, 0.2) is 34.9 Å². The van der Waals surface area contributed by atoms with Crippen LogP contribution >= 0.6 is 0 Å². The molecule has 2 aromatic rings. The molecule has 6 heteroatoms. The Morgan fingerprint density at radius 2 is 2.17 bits per heavy atom. The summed E-state index contributed by atoms with van der Waals surface area (Å²) in [6.07, 6.45) is -0.652. The van der Waals surface area contributed by atoms with Crippen LogP contribution < -0.4 is 5.32 Å². The Balaban J connectivity index is 2.18. The fourth-order valence-corrected chi connectivity index (χ4v) is 1.65. The second-order valence-electron chi connectivity index (χ2n) is 3.87. The molecule has 0 radical (unpaired) electrons. The Morgan fingerprint density at radius 3 is 2.72 bits per heavy atom. The summed E-state index contributed by atoms with van der Waals surface area (Å²) in [5.41, 5.74) is 0.993. The minimum atomic E-state index is -1.12. The summed E-state index contributed by atoms with van der Waals surface area (Å²) in [6.45, 7) is 1.69. The predicted octanol–water partition coefficient (Wildman–Crippen LogP) is 1.93. The van der Waals surface area contributed by atoms with Crippen LogP contribution in [0.4, 0.5) is 4.79 Å². The number of aryl methyl sites for hydroxylation is 1. The first-order chi connectivity index (χ1) is 8.65. The number of aromatic nitrogens is 2. The van der Waals surface area contributed by atoms with Crippen molar-refractivity contribution in [2.75, 3.05) is 0 Å². The van der Waals surface area contributed by atoms with Crippen LogP contribution in [0.25, 0.3) is 0 Å². The summed E-state index contributed by atoms with van der Waals surface area (Å²) < 4.78 is 5.01. The first-order valence-electron chi connectivity index (χ1n) is 5.49. The molecule has 1 atom stereocenters. The molecule has 0 aliphatic rings. The average molecular weight is 247 g/mol. The summed E-state index contributed by atoms with van der Waals surface area (Å²) in [6, 6.07) is 8.99. The van der Waals surface area contributed by atoms with E-state index in [9.17, 15) is 4.79 Å². The van der Waals surface area contributed by atoms with Crippen molar-refractivity contribution < 1.29 is 14.4 Å². The first-order valence-corrected chi connectivity index (χ1v) is 5.49. The van der Waals surface area contributed by atoms with Crippen molar-refractivity contribution in [3.05, 3.63) is 47.6 Å². The van der Waals surface area contributed by atoms with Gasteiger partial charge in [0.05, 0.1) is 0 Å². The number of benzene rings is 1. The number of rotatable bonds is 4. The molecule has 0 saturated carbocycles. The second kappa shape index (κ2) is 5.31. The first kappa shape index (κ1) is 12.1. The molecule has 0 fully saturated rings. The third-order valence-electron chi connectivity index (χ3n) is 2.42. The van der Waals surface area contributed by atoms with Crippen LogP contribution in [-0.4, -0.2) is 21.3 Å². The number of hydrogen-bond acceptors (Lipinski definition) is 4. The Morgan fingerprint density at radius 1 is 1.44 bits per heavy atom. The zero-order chi connectivity index (χ0) is 13.0. The van der Waals surface area contributed by atoms with Gasteiger partial charge in [0.15, 0.2) is 5.82 Å². The molecular weight excluding hydrogens is 234 g/mol. The Hall–Kier alpha value is -2.37. The highest BCUT2D eigenvalue weighted by Crippen LogP contribution is 2.16. The molecule has 6 nitrogen and oxygen atoms in total. The van der Waals surface area contributed by atoms with E-state index in [4.69, 9.17) is 9.63 Å². The van der Waals surface area contributed by atoms with Gasteiger partial charge in [-0.15, -0.1) is 0 Å². The van der Waals surface area contributed by atoms with E-state index in [0.29, 0.717) is 12.2 Å². The summed E-state index contributed by atoms with van der Waals surface area (Å²) in [7, 11) is 0. The van der Waals surface area contributed by atoms with Gasteiger partial charge in [0.1, 0.15) is 6.04 Å².